The van der Waals surface area contributed by atoms with Crippen LogP contribution >= 0.6 is 0 Å². The molecule has 0 atom stereocenters. The van der Waals surface area contributed by atoms with Crippen molar-refractivity contribution in [2.75, 3.05) is 13.1 Å². The molecular weight excluding hydrogens is 259 g/mol. The summed E-state index contributed by atoms with van der Waals surface area (Å²) in [5.74, 6) is 0.373. The van der Waals surface area contributed by atoms with Crippen LogP contribution in [0.1, 0.15) is 38.0 Å². The van der Waals surface area contributed by atoms with Crippen LogP contribution in [0, 0.1) is 0 Å². The summed E-state index contributed by atoms with van der Waals surface area (Å²) in [6, 6.07) is 0. The third kappa shape index (κ3) is 2.62. The van der Waals surface area contributed by atoms with Crippen LogP contribution in [-0.4, -0.2) is 32.6 Å². The van der Waals surface area contributed by atoms with Crippen LogP contribution in [0.3, 0.4) is 0 Å². The Morgan fingerprint density at radius 2 is 1.89 bits per heavy atom. The molecule has 1 N–H and O–H groups in total. The van der Waals surface area contributed by atoms with E-state index in [2.05, 4.69) is 4.98 Å². The van der Waals surface area contributed by atoms with Crippen LogP contribution in [-0.2, 0) is 24.9 Å². The van der Waals surface area contributed by atoms with Gasteiger partial charge in [0.05, 0.1) is 12.2 Å². The zero-order chi connectivity index (χ0) is 14.4. The number of likely N-dealkylation sites (N-methyl/N-ethyl adjacent to an activating group) is 1. The van der Waals surface area contributed by atoms with E-state index in [9.17, 15) is 18.3 Å². The number of hydrogen-bond donors (Lipinski definition) is 1. The summed E-state index contributed by atoms with van der Waals surface area (Å²) in [5.41, 5.74) is -2.66. The van der Waals surface area contributed by atoms with Crippen molar-refractivity contribution in [2.24, 2.45) is 0 Å². The van der Waals surface area contributed by atoms with Gasteiger partial charge in [-0.25, -0.2) is 4.98 Å². The van der Waals surface area contributed by atoms with Crippen molar-refractivity contribution in [1.29, 1.82) is 0 Å². The number of aliphatic hydroxyl groups is 1. The first kappa shape index (κ1) is 14.3. The molecule has 0 saturated heterocycles. The molecule has 7 heteroatoms. The molecule has 2 heterocycles. The van der Waals surface area contributed by atoms with Gasteiger partial charge in [0.15, 0.2) is 5.69 Å². The van der Waals surface area contributed by atoms with E-state index in [1.807, 2.05) is 11.8 Å². The van der Waals surface area contributed by atoms with E-state index in [1.165, 1.54) is 18.4 Å². The van der Waals surface area contributed by atoms with Gasteiger partial charge in [-0.05, 0) is 20.4 Å². The molecule has 0 spiro atoms. The van der Waals surface area contributed by atoms with Gasteiger partial charge < -0.3 is 9.67 Å². The second-order valence-corrected chi connectivity index (χ2v) is 5.30. The van der Waals surface area contributed by atoms with Gasteiger partial charge in [-0.1, -0.05) is 6.92 Å². The molecule has 0 fully saturated rings. The highest BCUT2D eigenvalue weighted by molar-refractivity contribution is 5.26. The molecule has 0 aromatic carbocycles. The zero-order valence-electron chi connectivity index (χ0n) is 11.3. The monoisotopic (exact) mass is 277 g/mol. The van der Waals surface area contributed by atoms with Gasteiger partial charge >= 0.3 is 6.18 Å². The largest absolute Gasteiger partial charge is 0.435 e. The number of rotatable bonds is 2. The Hall–Kier alpha value is -1.08. The van der Waals surface area contributed by atoms with Crippen molar-refractivity contribution in [3.8, 4) is 0 Å². The molecule has 4 nitrogen and oxygen atoms in total. The summed E-state index contributed by atoms with van der Waals surface area (Å²) in [6.07, 6.45) is -4.54. The Balaban J connectivity index is 2.55. The maximum atomic E-state index is 13.0. The Labute approximate surface area is 109 Å². The summed E-state index contributed by atoms with van der Waals surface area (Å²) in [4.78, 5) is 5.75. The molecule has 0 amide bonds. The minimum Gasteiger partial charge on any atom is -0.384 e. The van der Waals surface area contributed by atoms with Crippen molar-refractivity contribution >= 4 is 0 Å². The van der Waals surface area contributed by atoms with Crippen LogP contribution in [0.5, 0.6) is 0 Å². The first-order valence-electron chi connectivity index (χ1n) is 6.26. The van der Waals surface area contributed by atoms with E-state index in [0.29, 0.717) is 25.5 Å². The van der Waals surface area contributed by atoms with Gasteiger partial charge in [-0.2, -0.15) is 13.2 Å². The molecule has 1 aromatic heterocycles. The van der Waals surface area contributed by atoms with E-state index in [-0.39, 0.29) is 5.69 Å². The minimum absolute atomic E-state index is 0.134. The number of alkyl halides is 3. The fourth-order valence-corrected chi connectivity index (χ4v) is 2.47. The minimum atomic E-state index is -4.54. The molecule has 0 aliphatic carbocycles. The van der Waals surface area contributed by atoms with E-state index in [1.54, 1.807) is 0 Å². The van der Waals surface area contributed by atoms with E-state index in [4.69, 9.17) is 0 Å². The highest BCUT2D eigenvalue weighted by Gasteiger charge is 2.43. The summed E-state index contributed by atoms with van der Waals surface area (Å²) in [6.45, 7) is 6.92. The van der Waals surface area contributed by atoms with Crippen molar-refractivity contribution in [2.45, 2.75) is 45.6 Å². The lowest BCUT2D eigenvalue weighted by Gasteiger charge is -2.29. The second-order valence-electron chi connectivity index (χ2n) is 5.30. The summed E-state index contributed by atoms with van der Waals surface area (Å²) < 4.78 is 40.6. The number of aromatic nitrogens is 2. The van der Waals surface area contributed by atoms with Crippen LogP contribution in [0.25, 0.3) is 0 Å². The van der Waals surface area contributed by atoms with Crippen molar-refractivity contribution in [3.05, 3.63) is 17.2 Å². The molecular formula is C12H18F3N3O. The van der Waals surface area contributed by atoms with Crippen LogP contribution < -0.4 is 0 Å². The zero-order valence-corrected chi connectivity index (χ0v) is 11.3. The highest BCUT2D eigenvalue weighted by Crippen LogP contribution is 2.37. The fraction of sp³-hybridized carbons (Fsp3) is 0.750. The van der Waals surface area contributed by atoms with Crippen molar-refractivity contribution < 1.29 is 18.3 Å². The molecule has 108 valence electrons. The number of nitrogens with zero attached hydrogens (tertiary/aromatic N) is 3. The van der Waals surface area contributed by atoms with E-state index >= 15 is 0 Å². The van der Waals surface area contributed by atoms with Crippen molar-refractivity contribution in [3.63, 3.8) is 0 Å². The summed E-state index contributed by atoms with van der Waals surface area (Å²) in [5, 5.41) is 10.0. The van der Waals surface area contributed by atoms with Gasteiger partial charge in [0.2, 0.25) is 0 Å². The van der Waals surface area contributed by atoms with Crippen LogP contribution in [0.4, 0.5) is 13.2 Å². The number of imidazole rings is 1. The van der Waals surface area contributed by atoms with Gasteiger partial charge in [0.1, 0.15) is 11.4 Å². The van der Waals surface area contributed by atoms with Gasteiger partial charge in [-0.15, -0.1) is 0 Å². The smallest absolute Gasteiger partial charge is 0.384 e. The number of hydrogen-bond acceptors (Lipinski definition) is 3. The number of fused-ring (bicyclic) bond motifs is 1. The molecule has 0 saturated carbocycles. The average molecular weight is 277 g/mol. The second kappa shape index (κ2) is 4.49. The van der Waals surface area contributed by atoms with Gasteiger partial charge in [0.25, 0.3) is 0 Å². The summed E-state index contributed by atoms with van der Waals surface area (Å²) in [7, 11) is 0. The predicted molar refractivity (Wildman–Crippen MR) is 63.4 cm³/mol. The van der Waals surface area contributed by atoms with Gasteiger partial charge in [-0.3, -0.25) is 4.90 Å². The lowest BCUT2D eigenvalue weighted by atomic mass is 10.0. The Morgan fingerprint density at radius 3 is 2.37 bits per heavy atom. The quantitative estimate of drug-likeness (QED) is 0.898. The molecule has 1 aliphatic heterocycles. The molecule has 0 radical (unpaired) electrons. The molecule has 0 unspecified atom stereocenters. The highest BCUT2D eigenvalue weighted by atomic mass is 19.4. The third-order valence-corrected chi connectivity index (χ3v) is 3.35. The lowest BCUT2D eigenvalue weighted by Crippen LogP contribution is -2.36. The third-order valence-electron chi connectivity index (χ3n) is 3.35. The molecule has 19 heavy (non-hydrogen) atoms. The molecule has 1 aliphatic rings. The standard InChI is InChI=1S/C12H18F3N3O/c1-4-17-5-6-18-8(7-17)16-9(12(13,14)15)10(18)11(2,3)19/h19H,4-7H2,1-3H3. The SMILES string of the molecule is CCN1CCn2c(nc(C(F)(F)F)c2C(C)(C)O)C1. The molecule has 0 bridgehead atoms. The topological polar surface area (TPSA) is 41.3 Å². The average Bonchev–Trinajstić information content (AvgIpc) is 2.66. The lowest BCUT2D eigenvalue weighted by molar-refractivity contribution is -0.143. The molecule has 2 rings (SSSR count). The maximum Gasteiger partial charge on any atom is 0.435 e. The first-order chi connectivity index (χ1) is 8.64. The van der Waals surface area contributed by atoms with Crippen molar-refractivity contribution in [1.82, 2.24) is 14.5 Å². The van der Waals surface area contributed by atoms with E-state index in [0.717, 1.165) is 6.54 Å². The normalized spacial score (nSPS) is 17.6. The summed E-state index contributed by atoms with van der Waals surface area (Å²) >= 11 is 0. The maximum absolute atomic E-state index is 13.0. The first-order valence-corrected chi connectivity index (χ1v) is 6.26. The van der Waals surface area contributed by atoms with Crippen LogP contribution in [0.2, 0.25) is 0 Å². The predicted octanol–water partition coefficient (Wildman–Crippen LogP) is 1.96. The Morgan fingerprint density at radius 1 is 1.26 bits per heavy atom. The van der Waals surface area contributed by atoms with E-state index < -0.39 is 17.5 Å². The van der Waals surface area contributed by atoms with Gasteiger partial charge in [0, 0.05) is 13.1 Å². The molecule has 1 aromatic rings. The Kier molecular flexibility index (Phi) is 3.38. The van der Waals surface area contributed by atoms with Crippen LogP contribution in [0.15, 0.2) is 0 Å². The Bertz CT molecular complexity index is 474. The number of halogens is 3. The fourth-order valence-electron chi connectivity index (χ4n) is 2.47.